The first-order valence-corrected chi connectivity index (χ1v) is 5.79. The summed E-state index contributed by atoms with van der Waals surface area (Å²) >= 11 is 0. The fourth-order valence-electron chi connectivity index (χ4n) is 1.36. The van der Waals surface area contributed by atoms with Crippen molar-refractivity contribution in [2.45, 2.75) is 48.0 Å². The van der Waals surface area contributed by atoms with E-state index in [0.29, 0.717) is 5.41 Å². The number of hydrogen-bond donors (Lipinski definition) is 2. The van der Waals surface area contributed by atoms with Crippen molar-refractivity contribution in [1.82, 2.24) is 5.32 Å². The summed E-state index contributed by atoms with van der Waals surface area (Å²) in [6, 6.07) is 0. The van der Waals surface area contributed by atoms with Gasteiger partial charge in [0.05, 0.1) is 0 Å². The summed E-state index contributed by atoms with van der Waals surface area (Å²) in [5, 5.41) is 10.7. The van der Waals surface area contributed by atoms with E-state index in [1.807, 2.05) is 20.9 Å². The Morgan fingerprint density at radius 1 is 1.33 bits per heavy atom. The van der Waals surface area contributed by atoms with Crippen LogP contribution in [-0.2, 0) is 0 Å². The molecule has 0 heterocycles. The van der Waals surface area contributed by atoms with Crippen molar-refractivity contribution >= 4 is 0 Å². The van der Waals surface area contributed by atoms with E-state index in [2.05, 4.69) is 32.7 Å². The Labute approximate surface area is 96.8 Å². The second-order valence-corrected chi connectivity index (χ2v) is 4.14. The third kappa shape index (κ3) is 24.8. The van der Waals surface area contributed by atoms with Crippen LogP contribution < -0.4 is 5.32 Å². The van der Waals surface area contributed by atoms with E-state index in [9.17, 15) is 0 Å². The predicted octanol–water partition coefficient (Wildman–Crippen LogP) is 3.22. The summed E-state index contributed by atoms with van der Waals surface area (Å²) < 4.78 is 0. The molecule has 15 heavy (non-hydrogen) atoms. The summed E-state index contributed by atoms with van der Waals surface area (Å²) in [6.07, 6.45) is 1.10. The molecule has 0 saturated carbocycles. The highest BCUT2D eigenvalue weighted by molar-refractivity contribution is 4.94. The lowest BCUT2D eigenvalue weighted by Gasteiger charge is -2.23. The predicted molar refractivity (Wildman–Crippen MR) is 71.2 cm³/mol. The molecule has 2 heteroatoms. The van der Waals surface area contributed by atoms with Gasteiger partial charge < -0.3 is 10.4 Å². The molecule has 0 spiro atoms. The molecule has 0 fully saturated rings. The zero-order valence-electron chi connectivity index (χ0n) is 11.8. The van der Waals surface area contributed by atoms with Gasteiger partial charge in [-0.25, -0.2) is 0 Å². The van der Waals surface area contributed by atoms with E-state index in [-0.39, 0.29) is 6.61 Å². The maximum Gasteiger partial charge on any atom is 0.0402 e. The van der Waals surface area contributed by atoms with Crippen LogP contribution in [0.3, 0.4) is 0 Å². The number of hydrogen-bond acceptors (Lipinski definition) is 2. The van der Waals surface area contributed by atoms with Gasteiger partial charge in [-0.05, 0) is 32.7 Å². The molecule has 0 aliphatic heterocycles. The fourth-order valence-corrected chi connectivity index (χ4v) is 1.36. The lowest BCUT2D eigenvalue weighted by atomic mass is 9.86. The maximum absolute atomic E-state index is 7.57. The Kier molecular flexibility index (Phi) is 18.3. The van der Waals surface area contributed by atoms with Crippen molar-refractivity contribution in [3.63, 3.8) is 0 Å². The summed E-state index contributed by atoms with van der Waals surface area (Å²) in [6.45, 7) is 17.5. The average Bonchev–Trinajstić information content (AvgIpc) is 2.06. The second-order valence-electron chi connectivity index (χ2n) is 4.14. The van der Waals surface area contributed by atoms with E-state index in [1.54, 1.807) is 6.92 Å². The van der Waals surface area contributed by atoms with Gasteiger partial charge in [0.15, 0.2) is 0 Å². The van der Waals surface area contributed by atoms with Gasteiger partial charge in [-0.2, -0.15) is 0 Å². The van der Waals surface area contributed by atoms with E-state index in [4.69, 9.17) is 5.11 Å². The molecule has 0 bridgehead atoms. The van der Waals surface area contributed by atoms with Crippen LogP contribution in [0.4, 0.5) is 0 Å². The molecule has 2 nitrogen and oxygen atoms in total. The Hall–Kier alpha value is -0.340. The van der Waals surface area contributed by atoms with E-state index in [1.165, 1.54) is 5.57 Å². The van der Waals surface area contributed by atoms with Gasteiger partial charge in [0.25, 0.3) is 0 Å². The van der Waals surface area contributed by atoms with Gasteiger partial charge in [0.2, 0.25) is 0 Å². The Morgan fingerprint density at radius 2 is 1.67 bits per heavy atom. The maximum atomic E-state index is 7.57. The van der Waals surface area contributed by atoms with Gasteiger partial charge in [-0.15, -0.1) is 6.58 Å². The fraction of sp³-hybridized carbons (Fsp3) is 0.846. The highest BCUT2D eigenvalue weighted by atomic mass is 16.2. The molecule has 0 aromatic rings. The van der Waals surface area contributed by atoms with E-state index < -0.39 is 0 Å². The standard InChI is InChI=1S/C9H19N.C2H6O.C2H6/c1-8(2)6-9(3,4)7-10-5;1-2-3;1-2/h10H,1,6-7H2,2-5H3;3H,2H2,1H3;1-2H3. The Balaban J connectivity index is -0.000000245. The number of nitrogens with one attached hydrogen (secondary N) is 1. The molecular formula is C13H31NO. The van der Waals surface area contributed by atoms with Crippen LogP contribution >= 0.6 is 0 Å². The lowest BCUT2D eigenvalue weighted by molar-refractivity contribution is 0.318. The van der Waals surface area contributed by atoms with Gasteiger partial charge in [-0.1, -0.05) is 33.3 Å². The third-order valence-corrected chi connectivity index (χ3v) is 1.44. The highest BCUT2D eigenvalue weighted by Crippen LogP contribution is 2.22. The molecule has 0 aliphatic carbocycles. The summed E-state index contributed by atoms with van der Waals surface area (Å²) in [7, 11) is 1.99. The number of rotatable bonds is 4. The average molecular weight is 217 g/mol. The molecule has 0 aromatic carbocycles. The molecule has 94 valence electrons. The molecule has 0 unspecified atom stereocenters. The molecule has 0 rings (SSSR count). The molecule has 0 aromatic heterocycles. The molecule has 0 radical (unpaired) electrons. The van der Waals surface area contributed by atoms with Gasteiger partial charge >= 0.3 is 0 Å². The van der Waals surface area contributed by atoms with Crippen LogP contribution in [0.2, 0.25) is 0 Å². The Bertz CT molecular complexity index is 130. The quantitative estimate of drug-likeness (QED) is 0.709. The van der Waals surface area contributed by atoms with Crippen molar-refractivity contribution in [3.8, 4) is 0 Å². The molecule has 0 amide bonds. The van der Waals surface area contributed by atoms with Crippen molar-refractivity contribution in [3.05, 3.63) is 12.2 Å². The lowest BCUT2D eigenvalue weighted by Crippen LogP contribution is -2.26. The molecular weight excluding hydrogens is 186 g/mol. The summed E-state index contributed by atoms with van der Waals surface area (Å²) in [4.78, 5) is 0. The van der Waals surface area contributed by atoms with Crippen LogP contribution in [0.5, 0.6) is 0 Å². The van der Waals surface area contributed by atoms with Crippen LogP contribution in [-0.4, -0.2) is 25.3 Å². The first-order valence-electron chi connectivity index (χ1n) is 5.79. The minimum Gasteiger partial charge on any atom is -0.397 e. The van der Waals surface area contributed by atoms with Crippen molar-refractivity contribution in [2.24, 2.45) is 5.41 Å². The third-order valence-electron chi connectivity index (χ3n) is 1.44. The molecule has 0 saturated heterocycles. The van der Waals surface area contributed by atoms with Crippen LogP contribution in [0, 0.1) is 5.41 Å². The minimum absolute atomic E-state index is 0.250. The first kappa shape index (κ1) is 20.1. The normalized spacial score (nSPS) is 9.33. The van der Waals surface area contributed by atoms with Crippen molar-refractivity contribution in [1.29, 1.82) is 0 Å². The number of allylic oxidation sites excluding steroid dienone is 1. The molecule has 0 aliphatic rings. The SMILES string of the molecule is C=C(C)CC(C)(C)CNC.CC.CCO. The van der Waals surface area contributed by atoms with Crippen LogP contribution in [0.1, 0.15) is 48.0 Å². The first-order chi connectivity index (χ1) is 6.89. The smallest absolute Gasteiger partial charge is 0.0402 e. The number of aliphatic hydroxyl groups is 1. The summed E-state index contributed by atoms with van der Waals surface area (Å²) in [5.74, 6) is 0. The van der Waals surface area contributed by atoms with Gasteiger partial charge in [0, 0.05) is 13.2 Å². The second kappa shape index (κ2) is 13.7. The Morgan fingerprint density at radius 3 is 1.87 bits per heavy atom. The van der Waals surface area contributed by atoms with Crippen LogP contribution in [0.25, 0.3) is 0 Å². The van der Waals surface area contributed by atoms with Crippen molar-refractivity contribution < 1.29 is 5.11 Å². The zero-order valence-corrected chi connectivity index (χ0v) is 11.8. The van der Waals surface area contributed by atoms with Crippen LogP contribution in [0.15, 0.2) is 12.2 Å². The van der Waals surface area contributed by atoms with E-state index in [0.717, 1.165) is 13.0 Å². The molecule has 0 atom stereocenters. The number of aliphatic hydroxyl groups excluding tert-OH is 1. The van der Waals surface area contributed by atoms with Crippen molar-refractivity contribution in [2.75, 3.05) is 20.2 Å². The molecule has 2 N–H and O–H groups in total. The van der Waals surface area contributed by atoms with E-state index >= 15 is 0 Å². The highest BCUT2D eigenvalue weighted by Gasteiger charge is 2.15. The van der Waals surface area contributed by atoms with Gasteiger partial charge in [0.1, 0.15) is 0 Å². The summed E-state index contributed by atoms with van der Waals surface area (Å²) in [5.41, 5.74) is 1.63. The largest absolute Gasteiger partial charge is 0.397 e. The van der Waals surface area contributed by atoms with Gasteiger partial charge in [-0.3, -0.25) is 0 Å². The topological polar surface area (TPSA) is 32.3 Å². The minimum atomic E-state index is 0.250. The zero-order chi connectivity index (χ0) is 12.9. The monoisotopic (exact) mass is 217 g/mol.